The van der Waals surface area contributed by atoms with E-state index in [0.29, 0.717) is 24.5 Å². The molecule has 1 amide bonds. The standard InChI is InChI=1S/C14H10Br3NO2S/c15-9-6-11(21-13(9)17)12(16)7-1-2-10-8(5-7)14(19)18-3-4-20-10/h1-2,5-6,12H,3-4H2,(H,18,19). The van der Waals surface area contributed by atoms with Crippen molar-refractivity contribution in [3.63, 3.8) is 0 Å². The van der Waals surface area contributed by atoms with Crippen LogP contribution < -0.4 is 10.1 Å². The number of hydrogen-bond donors (Lipinski definition) is 1. The minimum absolute atomic E-state index is 0.0338. The first kappa shape index (κ1) is 15.5. The number of hydrogen-bond acceptors (Lipinski definition) is 3. The molecule has 21 heavy (non-hydrogen) atoms. The second-order valence-corrected chi connectivity index (χ2v) is 8.66. The average molecular weight is 496 g/mol. The first-order valence-corrected chi connectivity index (χ1v) is 9.52. The first-order valence-electron chi connectivity index (χ1n) is 6.20. The molecule has 0 bridgehead atoms. The van der Waals surface area contributed by atoms with Crippen LogP contribution in [0.1, 0.15) is 25.6 Å². The minimum Gasteiger partial charge on any atom is -0.491 e. The Morgan fingerprint density at radius 3 is 2.81 bits per heavy atom. The number of thiophene rings is 1. The van der Waals surface area contributed by atoms with E-state index in [-0.39, 0.29) is 10.7 Å². The Bertz CT molecular complexity index is 682. The molecule has 2 heterocycles. The lowest BCUT2D eigenvalue weighted by atomic mass is 10.1. The molecule has 3 rings (SSSR count). The van der Waals surface area contributed by atoms with Crippen LogP contribution in [-0.4, -0.2) is 19.1 Å². The predicted molar refractivity (Wildman–Crippen MR) is 94.8 cm³/mol. The van der Waals surface area contributed by atoms with Gasteiger partial charge in [-0.05, 0) is 55.6 Å². The lowest BCUT2D eigenvalue weighted by Gasteiger charge is -2.11. The molecule has 1 aliphatic rings. The number of carbonyl (C=O) groups is 1. The van der Waals surface area contributed by atoms with Crippen molar-refractivity contribution in [2.45, 2.75) is 4.83 Å². The third-order valence-corrected chi connectivity index (χ3v) is 7.75. The van der Waals surface area contributed by atoms with Gasteiger partial charge in [0.25, 0.3) is 5.91 Å². The lowest BCUT2D eigenvalue weighted by Crippen LogP contribution is -2.24. The third kappa shape index (κ3) is 3.21. The Morgan fingerprint density at radius 1 is 1.29 bits per heavy atom. The molecule has 1 N–H and O–H groups in total. The Labute approximate surface area is 151 Å². The Kier molecular flexibility index (Phi) is 4.73. The molecule has 1 unspecified atom stereocenters. The highest BCUT2D eigenvalue weighted by atomic mass is 79.9. The van der Waals surface area contributed by atoms with Gasteiger partial charge in [-0.3, -0.25) is 4.79 Å². The zero-order valence-corrected chi connectivity index (χ0v) is 16.2. The summed E-state index contributed by atoms with van der Waals surface area (Å²) in [7, 11) is 0. The van der Waals surface area contributed by atoms with Gasteiger partial charge in [0, 0.05) is 9.35 Å². The van der Waals surface area contributed by atoms with E-state index in [4.69, 9.17) is 4.74 Å². The van der Waals surface area contributed by atoms with E-state index in [1.54, 1.807) is 11.3 Å². The fourth-order valence-electron chi connectivity index (χ4n) is 2.08. The maximum Gasteiger partial charge on any atom is 0.255 e. The van der Waals surface area contributed by atoms with E-state index in [9.17, 15) is 4.79 Å². The molecule has 110 valence electrons. The van der Waals surface area contributed by atoms with Gasteiger partial charge >= 0.3 is 0 Å². The maximum absolute atomic E-state index is 12.1. The van der Waals surface area contributed by atoms with E-state index in [1.165, 1.54) is 0 Å². The van der Waals surface area contributed by atoms with Gasteiger partial charge in [-0.25, -0.2) is 0 Å². The van der Waals surface area contributed by atoms with Gasteiger partial charge in [-0.15, -0.1) is 11.3 Å². The van der Waals surface area contributed by atoms with Gasteiger partial charge < -0.3 is 10.1 Å². The highest BCUT2D eigenvalue weighted by Gasteiger charge is 2.21. The molecular weight excluding hydrogens is 486 g/mol. The van der Waals surface area contributed by atoms with Crippen molar-refractivity contribution in [3.8, 4) is 5.75 Å². The Hall–Kier alpha value is -0.370. The van der Waals surface area contributed by atoms with E-state index >= 15 is 0 Å². The summed E-state index contributed by atoms with van der Waals surface area (Å²) >= 11 is 12.4. The van der Waals surface area contributed by atoms with Crippen molar-refractivity contribution in [3.05, 3.63) is 48.5 Å². The van der Waals surface area contributed by atoms with E-state index in [0.717, 1.165) is 18.7 Å². The van der Waals surface area contributed by atoms with Gasteiger partial charge in [-0.1, -0.05) is 22.0 Å². The van der Waals surface area contributed by atoms with Crippen molar-refractivity contribution < 1.29 is 9.53 Å². The normalized spacial score (nSPS) is 15.7. The summed E-state index contributed by atoms with van der Waals surface area (Å²) in [4.78, 5) is 13.2. The summed E-state index contributed by atoms with van der Waals surface area (Å²) in [6.45, 7) is 1.03. The van der Waals surface area contributed by atoms with Crippen LogP contribution in [0.15, 0.2) is 32.5 Å². The van der Waals surface area contributed by atoms with Crippen molar-refractivity contribution in [1.29, 1.82) is 0 Å². The maximum atomic E-state index is 12.1. The second kappa shape index (κ2) is 6.40. The number of halogens is 3. The monoisotopic (exact) mass is 493 g/mol. The zero-order valence-electron chi connectivity index (χ0n) is 10.7. The number of rotatable bonds is 2. The molecule has 0 saturated heterocycles. The lowest BCUT2D eigenvalue weighted by molar-refractivity contribution is 0.0957. The number of carbonyl (C=O) groups excluding carboxylic acids is 1. The van der Waals surface area contributed by atoms with Crippen molar-refractivity contribution >= 4 is 65.0 Å². The van der Waals surface area contributed by atoms with Crippen LogP contribution in [0, 0.1) is 0 Å². The number of amides is 1. The smallest absolute Gasteiger partial charge is 0.255 e. The summed E-state index contributed by atoms with van der Waals surface area (Å²) in [5.74, 6) is 0.555. The van der Waals surface area contributed by atoms with Crippen LogP contribution in [-0.2, 0) is 0 Å². The molecule has 0 spiro atoms. The molecular formula is C14H10Br3NO2S. The fourth-order valence-corrected chi connectivity index (χ4v) is 4.87. The van der Waals surface area contributed by atoms with E-state index in [2.05, 4.69) is 59.2 Å². The molecule has 1 atom stereocenters. The molecule has 1 aromatic heterocycles. The molecule has 0 radical (unpaired) electrons. The van der Waals surface area contributed by atoms with E-state index < -0.39 is 0 Å². The Morgan fingerprint density at radius 2 is 2.10 bits per heavy atom. The van der Waals surface area contributed by atoms with Crippen molar-refractivity contribution in [2.24, 2.45) is 0 Å². The molecule has 7 heteroatoms. The third-order valence-electron chi connectivity index (χ3n) is 3.10. The second-order valence-electron chi connectivity index (χ2n) is 4.49. The highest BCUT2D eigenvalue weighted by molar-refractivity contribution is 9.13. The predicted octanol–water partition coefficient (Wildman–Crippen LogP) is 4.88. The van der Waals surface area contributed by atoms with Crippen LogP contribution in [0.2, 0.25) is 0 Å². The summed E-state index contributed by atoms with van der Waals surface area (Å²) in [5, 5.41) is 2.83. The van der Waals surface area contributed by atoms with E-state index in [1.807, 2.05) is 18.2 Å². The number of ether oxygens (including phenoxy) is 1. The first-order chi connectivity index (χ1) is 10.1. The summed E-state index contributed by atoms with van der Waals surface area (Å²) < 4.78 is 7.66. The van der Waals surface area contributed by atoms with Gasteiger partial charge in [0.2, 0.25) is 0 Å². The molecule has 0 fully saturated rings. The topological polar surface area (TPSA) is 38.3 Å². The minimum atomic E-state index is -0.0856. The quantitative estimate of drug-likeness (QED) is 0.603. The summed E-state index contributed by atoms with van der Waals surface area (Å²) in [6, 6.07) is 7.80. The number of fused-ring (bicyclic) bond motifs is 1. The molecule has 1 aromatic carbocycles. The summed E-state index contributed by atoms with van der Waals surface area (Å²) in [6.07, 6.45) is 0. The average Bonchev–Trinajstić information content (AvgIpc) is 2.70. The largest absolute Gasteiger partial charge is 0.491 e. The Balaban J connectivity index is 1.97. The number of nitrogens with one attached hydrogen (secondary N) is 1. The van der Waals surface area contributed by atoms with Crippen LogP contribution in [0.4, 0.5) is 0 Å². The van der Waals surface area contributed by atoms with Crippen LogP contribution >= 0.6 is 59.1 Å². The van der Waals surface area contributed by atoms with Gasteiger partial charge in [0.05, 0.1) is 20.7 Å². The van der Waals surface area contributed by atoms with Crippen molar-refractivity contribution in [2.75, 3.05) is 13.2 Å². The van der Waals surface area contributed by atoms with Gasteiger partial charge in [0.1, 0.15) is 12.4 Å². The van der Waals surface area contributed by atoms with Crippen molar-refractivity contribution in [1.82, 2.24) is 5.32 Å². The molecule has 0 saturated carbocycles. The molecule has 0 aliphatic carbocycles. The number of benzene rings is 1. The highest BCUT2D eigenvalue weighted by Crippen LogP contribution is 2.42. The number of alkyl halides is 1. The summed E-state index contributed by atoms with van der Waals surface area (Å²) in [5.41, 5.74) is 1.61. The SMILES string of the molecule is O=C1NCCOc2ccc(C(Br)c3cc(Br)c(Br)s3)cc21. The van der Waals surface area contributed by atoms with Crippen LogP contribution in [0.3, 0.4) is 0 Å². The molecule has 2 aromatic rings. The van der Waals surface area contributed by atoms with Crippen LogP contribution in [0.25, 0.3) is 0 Å². The zero-order chi connectivity index (χ0) is 15.0. The van der Waals surface area contributed by atoms with Gasteiger partial charge in [0.15, 0.2) is 0 Å². The van der Waals surface area contributed by atoms with Gasteiger partial charge in [-0.2, -0.15) is 0 Å². The molecule has 3 nitrogen and oxygen atoms in total. The fraction of sp³-hybridized carbons (Fsp3) is 0.214. The van der Waals surface area contributed by atoms with Crippen LogP contribution in [0.5, 0.6) is 5.75 Å². The molecule has 1 aliphatic heterocycles.